The van der Waals surface area contributed by atoms with E-state index in [9.17, 15) is 19.7 Å². The predicted octanol–water partition coefficient (Wildman–Crippen LogP) is 3.47. The largest absolute Gasteiger partial charge is 0.465 e. The molecule has 1 aliphatic heterocycles. The Balaban J connectivity index is 2.71. The van der Waals surface area contributed by atoms with Gasteiger partial charge in [-0.25, -0.2) is 9.79 Å². The third-order valence-electron chi connectivity index (χ3n) is 4.26. The lowest BCUT2D eigenvalue weighted by Gasteiger charge is -2.31. The number of non-ortho nitro benzene ring substituents is 1. The second-order valence-electron chi connectivity index (χ2n) is 5.93. The number of aliphatic imine (C=N–C) groups is 1. The Morgan fingerprint density at radius 3 is 2.50 bits per heavy atom. The fourth-order valence-electron chi connectivity index (χ4n) is 3.15. The summed E-state index contributed by atoms with van der Waals surface area (Å²) >= 11 is 1.28. The fraction of sp³-hybridized carbons (Fsp3) is 0.421. The van der Waals surface area contributed by atoms with E-state index in [-0.39, 0.29) is 24.5 Å². The second kappa shape index (κ2) is 9.50. The number of carbonyl (C=O) groups excluding carboxylic acids is 2. The molecule has 2 atom stereocenters. The zero-order valence-electron chi connectivity index (χ0n) is 16.1. The standard InChI is InChI=1S/C19H22N2O6S/c1-5-26-18(22)14-11(3)20-17(28-4)16(19(23)27-6-2)15(14)12-8-7-9-13(10-12)21(24)25/h7-10,15-16H,5-6H2,1-4H3. The number of thioether (sulfide) groups is 1. The molecule has 0 aliphatic carbocycles. The molecule has 1 aromatic carbocycles. The fourth-order valence-corrected chi connectivity index (χ4v) is 3.86. The lowest BCUT2D eigenvalue weighted by Crippen LogP contribution is -2.36. The maximum Gasteiger partial charge on any atom is 0.336 e. The number of carbonyl (C=O) groups is 2. The summed E-state index contributed by atoms with van der Waals surface area (Å²) in [5.74, 6) is -2.82. The van der Waals surface area contributed by atoms with Crippen molar-refractivity contribution in [3.05, 3.63) is 51.2 Å². The van der Waals surface area contributed by atoms with Crippen LogP contribution in [-0.2, 0) is 19.1 Å². The van der Waals surface area contributed by atoms with E-state index in [1.54, 1.807) is 33.1 Å². The number of nitro groups is 1. The molecule has 0 amide bonds. The highest BCUT2D eigenvalue weighted by atomic mass is 32.2. The number of nitrogens with zero attached hydrogens (tertiary/aromatic N) is 2. The summed E-state index contributed by atoms with van der Waals surface area (Å²) in [6.45, 7) is 5.34. The van der Waals surface area contributed by atoms with Crippen molar-refractivity contribution in [2.24, 2.45) is 10.9 Å². The first-order valence-electron chi connectivity index (χ1n) is 8.77. The third kappa shape index (κ3) is 4.41. The monoisotopic (exact) mass is 406 g/mol. The molecule has 28 heavy (non-hydrogen) atoms. The van der Waals surface area contributed by atoms with E-state index in [1.165, 1.54) is 30.0 Å². The highest BCUT2D eigenvalue weighted by Gasteiger charge is 2.44. The molecule has 2 rings (SSSR count). The van der Waals surface area contributed by atoms with Crippen LogP contribution in [0.3, 0.4) is 0 Å². The smallest absolute Gasteiger partial charge is 0.336 e. The van der Waals surface area contributed by atoms with Crippen LogP contribution in [0.2, 0.25) is 0 Å². The Kier molecular flexibility index (Phi) is 7.33. The molecule has 0 spiro atoms. The zero-order chi connectivity index (χ0) is 20.8. The molecule has 0 saturated heterocycles. The summed E-state index contributed by atoms with van der Waals surface area (Å²) in [5, 5.41) is 11.7. The van der Waals surface area contributed by atoms with E-state index in [4.69, 9.17) is 9.47 Å². The van der Waals surface area contributed by atoms with E-state index >= 15 is 0 Å². The highest BCUT2D eigenvalue weighted by Crippen LogP contribution is 2.42. The van der Waals surface area contributed by atoms with Crippen LogP contribution in [0.5, 0.6) is 0 Å². The predicted molar refractivity (Wildman–Crippen MR) is 106 cm³/mol. The van der Waals surface area contributed by atoms with Gasteiger partial charge in [0.15, 0.2) is 0 Å². The zero-order valence-corrected chi connectivity index (χ0v) is 16.9. The average molecular weight is 406 g/mol. The first kappa shape index (κ1) is 21.6. The van der Waals surface area contributed by atoms with Crippen LogP contribution in [0.15, 0.2) is 40.5 Å². The maximum absolute atomic E-state index is 12.8. The molecule has 2 unspecified atom stereocenters. The quantitative estimate of drug-likeness (QED) is 0.404. The Labute approximate surface area is 167 Å². The number of rotatable bonds is 6. The van der Waals surface area contributed by atoms with Crippen molar-refractivity contribution in [1.29, 1.82) is 0 Å². The van der Waals surface area contributed by atoms with Crippen molar-refractivity contribution >= 4 is 34.4 Å². The van der Waals surface area contributed by atoms with Crippen molar-refractivity contribution in [2.45, 2.75) is 26.7 Å². The van der Waals surface area contributed by atoms with Crippen LogP contribution in [0.1, 0.15) is 32.3 Å². The molecule has 8 nitrogen and oxygen atoms in total. The van der Waals surface area contributed by atoms with E-state index in [0.717, 1.165) is 0 Å². The Morgan fingerprint density at radius 1 is 1.25 bits per heavy atom. The topological polar surface area (TPSA) is 108 Å². The molecule has 0 radical (unpaired) electrons. The molecule has 0 aromatic heterocycles. The minimum Gasteiger partial charge on any atom is -0.465 e. The molecule has 0 fully saturated rings. The molecule has 1 heterocycles. The lowest BCUT2D eigenvalue weighted by molar-refractivity contribution is -0.384. The summed E-state index contributed by atoms with van der Waals surface area (Å²) in [7, 11) is 0. The Morgan fingerprint density at radius 2 is 1.93 bits per heavy atom. The van der Waals surface area contributed by atoms with Crippen LogP contribution in [-0.4, -0.2) is 41.4 Å². The molecular formula is C19H22N2O6S. The molecule has 1 aromatic rings. The van der Waals surface area contributed by atoms with Crippen molar-refractivity contribution in [1.82, 2.24) is 0 Å². The SMILES string of the molecule is CCOC(=O)C1=C(C)N=C(SC)C(C(=O)OCC)C1c1cccc([N+](=O)[O-])c1. The van der Waals surface area contributed by atoms with Gasteiger partial charge in [-0.3, -0.25) is 14.9 Å². The van der Waals surface area contributed by atoms with E-state index in [0.29, 0.717) is 16.3 Å². The van der Waals surface area contributed by atoms with Gasteiger partial charge in [-0.15, -0.1) is 11.8 Å². The second-order valence-corrected chi connectivity index (χ2v) is 6.76. The third-order valence-corrected chi connectivity index (χ3v) is 5.03. The minimum absolute atomic E-state index is 0.130. The Hall–Kier alpha value is -2.68. The van der Waals surface area contributed by atoms with E-state index in [1.807, 2.05) is 0 Å². The van der Waals surface area contributed by atoms with Gasteiger partial charge in [-0.05, 0) is 32.6 Å². The van der Waals surface area contributed by atoms with Crippen molar-refractivity contribution < 1.29 is 24.0 Å². The van der Waals surface area contributed by atoms with Crippen LogP contribution in [0, 0.1) is 16.0 Å². The number of ether oxygens (including phenoxy) is 2. The van der Waals surface area contributed by atoms with E-state index < -0.39 is 28.7 Å². The summed E-state index contributed by atoms with van der Waals surface area (Å²) in [6.07, 6.45) is 1.78. The first-order valence-corrected chi connectivity index (χ1v) is 9.99. The average Bonchev–Trinajstić information content (AvgIpc) is 2.67. The molecule has 0 bridgehead atoms. The summed E-state index contributed by atoms with van der Waals surface area (Å²) in [5.41, 5.74) is 0.948. The first-order chi connectivity index (χ1) is 13.3. The van der Waals surface area contributed by atoms with Crippen LogP contribution in [0.25, 0.3) is 0 Å². The number of benzene rings is 1. The molecule has 150 valence electrons. The van der Waals surface area contributed by atoms with Gasteiger partial charge >= 0.3 is 11.9 Å². The van der Waals surface area contributed by atoms with Gasteiger partial charge in [0, 0.05) is 23.7 Å². The normalized spacial score (nSPS) is 19.1. The van der Waals surface area contributed by atoms with Crippen molar-refractivity contribution in [3.63, 3.8) is 0 Å². The van der Waals surface area contributed by atoms with Gasteiger partial charge in [0.2, 0.25) is 0 Å². The molecule has 0 saturated carbocycles. The molecule has 0 N–H and O–H groups in total. The maximum atomic E-state index is 12.8. The number of allylic oxidation sites excluding steroid dienone is 1. The number of nitro benzene ring substituents is 1. The lowest BCUT2D eigenvalue weighted by atomic mass is 9.78. The molecule has 9 heteroatoms. The van der Waals surface area contributed by atoms with Crippen LogP contribution >= 0.6 is 11.8 Å². The minimum atomic E-state index is -0.889. The van der Waals surface area contributed by atoms with Crippen LogP contribution < -0.4 is 0 Å². The summed E-state index contributed by atoms with van der Waals surface area (Å²) in [4.78, 5) is 40.6. The number of hydrogen-bond acceptors (Lipinski definition) is 8. The summed E-state index contributed by atoms with van der Waals surface area (Å²) < 4.78 is 10.4. The van der Waals surface area contributed by atoms with Gasteiger partial charge in [-0.1, -0.05) is 12.1 Å². The van der Waals surface area contributed by atoms with E-state index in [2.05, 4.69) is 4.99 Å². The van der Waals surface area contributed by atoms with Crippen molar-refractivity contribution in [2.75, 3.05) is 19.5 Å². The number of esters is 2. The summed E-state index contributed by atoms with van der Waals surface area (Å²) in [6, 6.07) is 5.90. The molecule has 1 aliphatic rings. The van der Waals surface area contributed by atoms with Gasteiger partial charge < -0.3 is 9.47 Å². The van der Waals surface area contributed by atoms with Crippen molar-refractivity contribution in [3.8, 4) is 0 Å². The van der Waals surface area contributed by atoms with Gasteiger partial charge in [0.1, 0.15) is 5.92 Å². The molecular weight excluding hydrogens is 384 g/mol. The Bertz CT molecular complexity index is 849. The van der Waals surface area contributed by atoms with Gasteiger partial charge in [-0.2, -0.15) is 0 Å². The van der Waals surface area contributed by atoms with Gasteiger partial charge in [0.05, 0.1) is 28.8 Å². The van der Waals surface area contributed by atoms with Crippen LogP contribution in [0.4, 0.5) is 5.69 Å². The highest BCUT2D eigenvalue weighted by molar-refractivity contribution is 8.13. The number of hydrogen-bond donors (Lipinski definition) is 0. The van der Waals surface area contributed by atoms with Gasteiger partial charge in [0.25, 0.3) is 5.69 Å².